The minimum Gasteiger partial charge on any atom is -0.492 e. The number of piperidine rings is 1. The minimum absolute atomic E-state index is 0.0118. The van der Waals surface area contributed by atoms with Gasteiger partial charge in [-0.25, -0.2) is 0 Å². The van der Waals surface area contributed by atoms with E-state index in [4.69, 9.17) is 14.6 Å². The number of alkyl halides is 3. The molecule has 2 N–H and O–H groups in total. The number of carbonyl (C=O) groups is 1. The van der Waals surface area contributed by atoms with Gasteiger partial charge in [0.25, 0.3) is 0 Å². The van der Waals surface area contributed by atoms with Gasteiger partial charge in [-0.2, -0.15) is 13.2 Å². The molecule has 9 heteroatoms. The minimum atomic E-state index is -4.45. The number of benzene rings is 2. The van der Waals surface area contributed by atoms with E-state index >= 15 is 0 Å². The lowest BCUT2D eigenvalue weighted by atomic mass is 9.92. The quantitative estimate of drug-likeness (QED) is 0.571. The van der Waals surface area contributed by atoms with Gasteiger partial charge in [-0.05, 0) is 61.4 Å². The molecular formula is C27H30F3NO5. The largest absolute Gasteiger partial charge is 0.492 e. The van der Waals surface area contributed by atoms with Crippen LogP contribution in [0.5, 0.6) is 11.5 Å². The highest BCUT2D eigenvalue weighted by molar-refractivity contribution is 5.68. The third-order valence-electron chi connectivity index (χ3n) is 7.66. The van der Waals surface area contributed by atoms with Gasteiger partial charge in [-0.1, -0.05) is 12.1 Å². The van der Waals surface area contributed by atoms with Gasteiger partial charge in [0.05, 0.1) is 24.2 Å². The first kappa shape index (κ1) is 24.9. The van der Waals surface area contributed by atoms with E-state index in [0.717, 1.165) is 17.2 Å². The molecule has 2 aromatic carbocycles. The molecule has 0 bridgehead atoms. The highest BCUT2D eigenvalue weighted by atomic mass is 19.4. The number of carboxylic acid groups (broad SMARTS) is 1. The zero-order chi connectivity index (χ0) is 25.7. The van der Waals surface area contributed by atoms with E-state index in [1.54, 1.807) is 19.1 Å². The first-order valence-electron chi connectivity index (χ1n) is 12.3. The summed E-state index contributed by atoms with van der Waals surface area (Å²) < 4.78 is 53.7. The Kier molecular flexibility index (Phi) is 6.41. The van der Waals surface area contributed by atoms with Gasteiger partial charge in [0.15, 0.2) is 0 Å². The van der Waals surface area contributed by atoms with Crippen molar-refractivity contribution >= 4 is 5.97 Å². The Morgan fingerprint density at radius 3 is 2.61 bits per heavy atom. The molecule has 3 aliphatic rings. The summed E-state index contributed by atoms with van der Waals surface area (Å²) in [7, 11) is 0. The van der Waals surface area contributed by atoms with Gasteiger partial charge < -0.3 is 19.7 Å². The summed E-state index contributed by atoms with van der Waals surface area (Å²) >= 11 is 0. The Labute approximate surface area is 207 Å². The van der Waals surface area contributed by atoms with E-state index in [1.807, 2.05) is 11.0 Å². The number of hydrogen-bond acceptors (Lipinski definition) is 5. The van der Waals surface area contributed by atoms with Crippen LogP contribution in [-0.2, 0) is 23.9 Å². The van der Waals surface area contributed by atoms with E-state index in [9.17, 15) is 23.1 Å². The van der Waals surface area contributed by atoms with Gasteiger partial charge in [-0.3, -0.25) is 9.69 Å². The van der Waals surface area contributed by atoms with E-state index in [2.05, 4.69) is 0 Å². The topological polar surface area (TPSA) is 79.2 Å². The van der Waals surface area contributed by atoms with Crippen molar-refractivity contribution in [1.82, 2.24) is 4.90 Å². The zero-order valence-corrected chi connectivity index (χ0v) is 20.1. The van der Waals surface area contributed by atoms with Crippen molar-refractivity contribution in [3.8, 4) is 11.5 Å². The average Bonchev–Trinajstić information content (AvgIpc) is 3.38. The van der Waals surface area contributed by atoms with Crippen LogP contribution < -0.4 is 9.47 Å². The maximum Gasteiger partial charge on any atom is 0.416 e. The van der Waals surface area contributed by atoms with Crippen molar-refractivity contribution < 1.29 is 37.7 Å². The van der Waals surface area contributed by atoms with Crippen molar-refractivity contribution in [3.05, 3.63) is 58.1 Å². The fourth-order valence-electron chi connectivity index (χ4n) is 5.60. The normalized spacial score (nSPS) is 23.1. The maximum atomic E-state index is 13.9. The molecule has 5 rings (SSSR count). The molecule has 0 radical (unpaired) electrons. The molecule has 194 valence electrons. The number of aliphatic hydroxyl groups is 1. The second-order valence-corrected chi connectivity index (χ2v) is 10.4. The van der Waals surface area contributed by atoms with Crippen LogP contribution in [0.25, 0.3) is 0 Å². The summed E-state index contributed by atoms with van der Waals surface area (Å²) in [6.45, 7) is 3.35. The zero-order valence-electron chi connectivity index (χ0n) is 20.1. The Morgan fingerprint density at radius 1 is 1.19 bits per heavy atom. The number of carboxylic acids is 1. The lowest BCUT2D eigenvalue weighted by molar-refractivity contribution is -0.139. The van der Waals surface area contributed by atoms with E-state index in [1.165, 1.54) is 6.07 Å². The summed E-state index contributed by atoms with van der Waals surface area (Å²) in [5.41, 5.74) is 1.23. The molecule has 1 unspecified atom stereocenters. The molecule has 1 fully saturated rings. The number of nitrogens with zero attached hydrogens (tertiary/aromatic N) is 1. The SMILES string of the molecule is CC1(O)CCN(Cc2c(C(F)(F)F)ccc3c2CC[C@H]3Oc2ccc3c(c2)OCC3CC(=O)O)CC1. The summed E-state index contributed by atoms with van der Waals surface area (Å²) in [5.74, 6) is 0.0391. The maximum absolute atomic E-state index is 13.9. The average molecular weight is 506 g/mol. The molecule has 0 amide bonds. The third kappa shape index (κ3) is 5.04. The first-order chi connectivity index (χ1) is 17.0. The van der Waals surface area contributed by atoms with Crippen LogP contribution in [0.15, 0.2) is 30.3 Å². The van der Waals surface area contributed by atoms with E-state index in [-0.39, 0.29) is 25.0 Å². The molecule has 2 atom stereocenters. The Morgan fingerprint density at radius 2 is 1.92 bits per heavy atom. The molecule has 0 saturated carbocycles. The third-order valence-corrected chi connectivity index (χ3v) is 7.66. The van der Waals surface area contributed by atoms with Crippen molar-refractivity contribution in [1.29, 1.82) is 0 Å². The summed E-state index contributed by atoms with van der Waals surface area (Å²) in [6.07, 6.45) is -2.72. The molecule has 36 heavy (non-hydrogen) atoms. The number of likely N-dealkylation sites (tertiary alicyclic amines) is 1. The van der Waals surface area contributed by atoms with Gasteiger partial charge in [0.1, 0.15) is 17.6 Å². The molecule has 1 saturated heterocycles. The molecule has 1 aliphatic carbocycles. The van der Waals surface area contributed by atoms with Crippen molar-refractivity contribution in [2.75, 3.05) is 19.7 Å². The van der Waals surface area contributed by atoms with E-state index < -0.39 is 23.3 Å². The van der Waals surface area contributed by atoms with Gasteiger partial charge in [-0.15, -0.1) is 0 Å². The van der Waals surface area contributed by atoms with Crippen molar-refractivity contribution in [2.24, 2.45) is 0 Å². The second kappa shape index (κ2) is 9.27. The molecule has 2 heterocycles. The fourth-order valence-corrected chi connectivity index (χ4v) is 5.60. The van der Waals surface area contributed by atoms with Crippen LogP contribution in [0.1, 0.15) is 72.4 Å². The lowest BCUT2D eigenvalue weighted by Gasteiger charge is -2.36. The summed E-state index contributed by atoms with van der Waals surface area (Å²) in [4.78, 5) is 13.1. The molecular weight excluding hydrogens is 475 g/mol. The Balaban J connectivity index is 1.38. The van der Waals surface area contributed by atoms with Crippen LogP contribution in [0.4, 0.5) is 13.2 Å². The Hall–Kier alpha value is -2.78. The molecule has 2 aliphatic heterocycles. The number of rotatable bonds is 6. The summed E-state index contributed by atoms with van der Waals surface area (Å²) in [6, 6.07) is 8.01. The monoisotopic (exact) mass is 505 g/mol. The molecule has 0 aromatic heterocycles. The number of ether oxygens (including phenoxy) is 2. The van der Waals surface area contributed by atoms with Crippen LogP contribution in [-0.4, -0.2) is 46.4 Å². The van der Waals surface area contributed by atoms with Crippen molar-refractivity contribution in [3.63, 3.8) is 0 Å². The van der Waals surface area contributed by atoms with Gasteiger partial charge in [0, 0.05) is 37.2 Å². The van der Waals surface area contributed by atoms with Gasteiger partial charge >= 0.3 is 12.1 Å². The number of halogens is 3. The number of aliphatic carboxylic acids is 1. The first-order valence-corrected chi connectivity index (χ1v) is 12.3. The highest BCUT2D eigenvalue weighted by Gasteiger charge is 2.39. The Bertz CT molecular complexity index is 1150. The molecule has 6 nitrogen and oxygen atoms in total. The van der Waals surface area contributed by atoms with Crippen molar-refractivity contribution in [2.45, 2.75) is 69.4 Å². The van der Waals surface area contributed by atoms with Crippen LogP contribution in [0, 0.1) is 0 Å². The van der Waals surface area contributed by atoms with E-state index in [0.29, 0.717) is 68.0 Å². The molecule has 2 aromatic rings. The molecule has 0 spiro atoms. The lowest BCUT2D eigenvalue weighted by Crippen LogP contribution is -2.42. The predicted molar refractivity (Wildman–Crippen MR) is 125 cm³/mol. The predicted octanol–water partition coefficient (Wildman–Crippen LogP) is 5.07. The van der Waals surface area contributed by atoms with Crippen LogP contribution in [0.3, 0.4) is 0 Å². The van der Waals surface area contributed by atoms with Gasteiger partial charge in [0.2, 0.25) is 0 Å². The standard InChI is InChI=1S/C27H30F3NO5/c1-26(34)8-10-31(11-9-26)14-21-19-5-7-23(20(19)4-6-22(21)27(28,29)30)36-17-2-3-18-16(12-25(32)33)15-35-24(18)13-17/h2-4,6,13,16,23,34H,5,7-12,14-15H2,1H3,(H,32,33)/t16?,23-/m1/s1. The van der Waals surface area contributed by atoms with Crippen LogP contribution in [0.2, 0.25) is 0 Å². The summed E-state index contributed by atoms with van der Waals surface area (Å²) in [5, 5.41) is 19.3. The fraction of sp³-hybridized carbons (Fsp3) is 0.519. The smallest absolute Gasteiger partial charge is 0.416 e. The highest BCUT2D eigenvalue weighted by Crippen LogP contribution is 2.44. The number of fused-ring (bicyclic) bond motifs is 2. The van der Waals surface area contributed by atoms with Crippen LogP contribution >= 0.6 is 0 Å². The second-order valence-electron chi connectivity index (χ2n) is 10.4. The number of hydrogen-bond donors (Lipinski definition) is 2.